The van der Waals surface area contributed by atoms with E-state index in [1.165, 1.54) is 0 Å². The van der Waals surface area contributed by atoms with Crippen LogP contribution in [0.3, 0.4) is 0 Å². The molecule has 1 aliphatic rings. The molecule has 3 rings (SSSR count). The molecule has 0 aliphatic carbocycles. The molecule has 1 aromatic heterocycles. The first kappa shape index (κ1) is 15.6. The maximum Gasteiger partial charge on any atom is 0.241 e. The summed E-state index contributed by atoms with van der Waals surface area (Å²) in [5.74, 6) is -0.341. The lowest BCUT2D eigenvalue weighted by molar-refractivity contribution is -0.122. The van der Waals surface area contributed by atoms with Crippen LogP contribution in [-0.4, -0.2) is 36.9 Å². The second-order valence-corrected chi connectivity index (χ2v) is 6.91. The zero-order valence-electron chi connectivity index (χ0n) is 12.3. The molecule has 0 radical (unpaired) electrons. The Labute approximate surface area is 134 Å². The summed E-state index contributed by atoms with van der Waals surface area (Å²) in [5.41, 5.74) is 1.42. The molecule has 2 heterocycles. The molecular weight excluding hydrogens is 316 g/mol. The number of benzene rings is 1. The highest BCUT2D eigenvalue weighted by Crippen LogP contribution is 2.22. The number of nitrogens with zero attached hydrogens (tertiary/aromatic N) is 2. The monoisotopic (exact) mass is 332 g/mol. The van der Waals surface area contributed by atoms with Crippen molar-refractivity contribution in [1.29, 1.82) is 0 Å². The first-order valence-electron chi connectivity index (χ1n) is 7.19. The van der Waals surface area contributed by atoms with Crippen LogP contribution in [0.5, 0.6) is 0 Å². The normalized spacial score (nSPS) is 18.9. The van der Waals surface area contributed by atoms with Crippen molar-refractivity contribution in [2.24, 2.45) is 0 Å². The van der Waals surface area contributed by atoms with E-state index in [0.717, 1.165) is 5.69 Å². The van der Waals surface area contributed by atoms with Crippen LogP contribution in [0, 0.1) is 0 Å². The van der Waals surface area contributed by atoms with Crippen LogP contribution in [0.2, 0.25) is 0 Å². The van der Waals surface area contributed by atoms with Crippen molar-refractivity contribution in [3.8, 4) is 0 Å². The number of carbonyl (C=O) groups excluding carboxylic acids is 1. The number of hydrogen-bond acceptors (Lipinski definition) is 5. The molecule has 0 saturated heterocycles. The number of nitrogens with one attached hydrogen (secondary N) is 2. The van der Waals surface area contributed by atoms with Gasteiger partial charge >= 0.3 is 0 Å². The maximum absolute atomic E-state index is 12.2. The van der Waals surface area contributed by atoms with Gasteiger partial charge in [0.15, 0.2) is 0 Å². The average molecular weight is 332 g/mol. The van der Waals surface area contributed by atoms with Gasteiger partial charge in [-0.2, -0.15) is 4.72 Å². The molecule has 1 amide bonds. The van der Waals surface area contributed by atoms with Crippen LogP contribution < -0.4 is 10.0 Å². The second-order valence-electron chi connectivity index (χ2n) is 5.22. The van der Waals surface area contributed by atoms with Crippen molar-refractivity contribution in [2.45, 2.75) is 23.8 Å². The van der Waals surface area contributed by atoms with Crippen LogP contribution in [0.25, 0.3) is 0 Å². The Morgan fingerprint density at radius 3 is 2.91 bits per heavy atom. The van der Waals surface area contributed by atoms with Crippen LogP contribution in [-0.2, 0) is 27.7 Å². The Hall–Kier alpha value is -2.32. The molecule has 0 unspecified atom stereocenters. The molecule has 1 aliphatic heterocycles. The zero-order chi connectivity index (χ0) is 16.3. The lowest BCUT2D eigenvalue weighted by atomic mass is 10.1. The fraction of sp³-hybridized carbons (Fsp3) is 0.267. The molecule has 7 nitrogen and oxygen atoms in total. The minimum atomic E-state index is -3.65. The van der Waals surface area contributed by atoms with E-state index in [2.05, 4.69) is 20.0 Å². The summed E-state index contributed by atoms with van der Waals surface area (Å²) < 4.78 is 26.8. The van der Waals surface area contributed by atoms with E-state index >= 15 is 0 Å². The topological polar surface area (TPSA) is 101 Å². The average Bonchev–Trinajstić information content (AvgIpc) is 2.55. The van der Waals surface area contributed by atoms with Crippen LogP contribution in [0.1, 0.15) is 11.3 Å². The minimum Gasteiger partial charge on any atom is -0.354 e. The van der Waals surface area contributed by atoms with Crippen molar-refractivity contribution in [1.82, 2.24) is 20.0 Å². The van der Waals surface area contributed by atoms with Crippen molar-refractivity contribution in [3.63, 3.8) is 0 Å². The van der Waals surface area contributed by atoms with Gasteiger partial charge in [-0.15, -0.1) is 0 Å². The fourth-order valence-electron chi connectivity index (χ4n) is 2.49. The highest BCUT2D eigenvalue weighted by Gasteiger charge is 2.32. The van der Waals surface area contributed by atoms with Gasteiger partial charge in [0.05, 0.1) is 10.6 Å². The predicted molar refractivity (Wildman–Crippen MR) is 83.0 cm³/mol. The van der Waals surface area contributed by atoms with Gasteiger partial charge in [0, 0.05) is 31.6 Å². The zero-order valence-corrected chi connectivity index (χ0v) is 13.1. The number of hydrogen-bond donors (Lipinski definition) is 2. The number of amides is 1. The predicted octanol–water partition coefficient (Wildman–Crippen LogP) is 0.0385. The summed E-state index contributed by atoms with van der Waals surface area (Å²) in [5, 5.41) is 2.74. The number of sulfonamides is 1. The first-order chi connectivity index (χ1) is 11.1. The van der Waals surface area contributed by atoms with E-state index in [-0.39, 0.29) is 10.8 Å². The van der Waals surface area contributed by atoms with Crippen molar-refractivity contribution in [3.05, 3.63) is 54.1 Å². The van der Waals surface area contributed by atoms with Crippen LogP contribution in [0.4, 0.5) is 0 Å². The summed E-state index contributed by atoms with van der Waals surface area (Å²) in [6.07, 6.45) is 5.67. The molecule has 2 N–H and O–H groups in total. The molecular formula is C15H16N4O3S. The molecule has 1 aromatic carbocycles. The Morgan fingerprint density at radius 2 is 2.13 bits per heavy atom. The number of aromatic nitrogens is 2. The third kappa shape index (κ3) is 3.54. The fourth-order valence-corrected chi connectivity index (χ4v) is 3.94. The van der Waals surface area contributed by atoms with Gasteiger partial charge in [0.1, 0.15) is 6.04 Å². The lowest BCUT2D eigenvalue weighted by Gasteiger charge is -2.25. The third-order valence-corrected chi connectivity index (χ3v) is 5.17. The number of fused-ring (bicyclic) bond motifs is 1. The molecule has 1 atom stereocenters. The van der Waals surface area contributed by atoms with Gasteiger partial charge in [0.25, 0.3) is 0 Å². The van der Waals surface area contributed by atoms with E-state index < -0.39 is 16.1 Å². The first-order valence-corrected chi connectivity index (χ1v) is 8.67. The maximum atomic E-state index is 12.2. The number of carbonyl (C=O) groups is 1. The standard InChI is InChI=1S/C15H16N4O3S/c20-15(18-6-5-12-10-16-7-8-17-12)13-9-11-3-1-2-4-14(11)23(21,22)19-13/h1-4,7-8,10,13,19H,5-6,9H2,(H,18,20)/t13-/m0/s1. The van der Waals surface area contributed by atoms with Gasteiger partial charge < -0.3 is 5.32 Å². The summed E-state index contributed by atoms with van der Waals surface area (Å²) in [6.45, 7) is 0.372. The van der Waals surface area contributed by atoms with E-state index in [4.69, 9.17) is 0 Å². The molecule has 0 fully saturated rings. The van der Waals surface area contributed by atoms with Gasteiger partial charge in [-0.1, -0.05) is 18.2 Å². The van der Waals surface area contributed by atoms with Crippen molar-refractivity contribution in [2.75, 3.05) is 6.54 Å². The molecule has 120 valence electrons. The van der Waals surface area contributed by atoms with E-state index in [1.54, 1.807) is 42.9 Å². The van der Waals surface area contributed by atoms with Gasteiger partial charge in [-0.3, -0.25) is 14.8 Å². The summed E-state index contributed by atoms with van der Waals surface area (Å²) in [6, 6.07) is 5.91. The molecule has 23 heavy (non-hydrogen) atoms. The Kier molecular flexibility index (Phi) is 4.35. The van der Waals surface area contributed by atoms with Crippen LogP contribution >= 0.6 is 0 Å². The molecule has 8 heteroatoms. The summed E-state index contributed by atoms with van der Waals surface area (Å²) in [4.78, 5) is 20.5. The lowest BCUT2D eigenvalue weighted by Crippen LogP contribution is -2.50. The SMILES string of the molecule is O=C(NCCc1cnccn1)[C@@H]1Cc2ccccc2S(=O)(=O)N1. The Bertz CT molecular complexity index is 808. The van der Waals surface area contributed by atoms with E-state index in [1.807, 2.05) is 0 Å². The van der Waals surface area contributed by atoms with Crippen molar-refractivity contribution >= 4 is 15.9 Å². The largest absolute Gasteiger partial charge is 0.354 e. The third-order valence-electron chi connectivity index (χ3n) is 3.60. The van der Waals surface area contributed by atoms with Crippen LogP contribution in [0.15, 0.2) is 47.8 Å². The van der Waals surface area contributed by atoms with Crippen molar-refractivity contribution < 1.29 is 13.2 Å². The minimum absolute atomic E-state index is 0.239. The smallest absolute Gasteiger partial charge is 0.241 e. The molecule has 0 bridgehead atoms. The van der Waals surface area contributed by atoms with E-state index in [0.29, 0.717) is 24.9 Å². The molecule has 2 aromatic rings. The summed E-state index contributed by atoms with van der Waals surface area (Å²) >= 11 is 0. The molecule has 0 spiro atoms. The van der Waals surface area contributed by atoms with E-state index in [9.17, 15) is 13.2 Å². The van der Waals surface area contributed by atoms with Gasteiger partial charge in [-0.25, -0.2) is 8.42 Å². The highest BCUT2D eigenvalue weighted by atomic mass is 32.2. The number of rotatable bonds is 4. The Morgan fingerprint density at radius 1 is 1.30 bits per heavy atom. The highest BCUT2D eigenvalue weighted by molar-refractivity contribution is 7.89. The second kappa shape index (κ2) is 6.43. The molecule has 0 saturated carbocycles. The Balaban J connectivity index is 1.63. The van der Waals surface area contributed by atoms with Gasteiger partial charge in [0.2, 0.25) is 15.9 Å². The quantitative estimate of drug-likeness (QED) is 0.823. The van der Waals surface area contributed by atoms with Gasteiger partial charge in [-0.05, 0) is 18.1 Å². The summed E-state index contributed by atoms with van der Waals surface area (Å²) in [7, 11) is -3.65.